The Morgan fingerprint density at radius 1 is 1.06 bits per heavy atom. The molecule has 0 unspecified atom stereocenters. The second-order valence-corrected chi connectivity index (χ2v) is 2.50. The minimum absolute atomic E-state index is 0.164. The van der Waals surface area contributed by atoms with E-state index in [4.69, 9.17) is 4.74 Å². The summed E-state index contributed by atoms with van der Waals surface area (Å²) in [5.74, 6) is -1.04. The summed E-state index contributed by atoms with van der Waals surface area (Å²) in [6.07, 6.45) is 2.12. The Kier molecular flexibility index (Phi) is 8.85. The molecule has 0 saturated heterocycles. The van der Waals surface area contributed by atoms with E-state index < -0.39 is 11.9 Å². The molecule has 0 spiro atoms. The molecule has 0 aromatic rings. The van der Waals surface area contributed by atoms with E-state index >= 15 is 0 Å². The molecule has 1 N–H and O–H groups in total. The predicted octanol–water partition coefficient (Wildman–Crippen LogP) is -0.0340. The average molecular weight is 229 g/mol. The highest BCUT2D eigenvalue weighted by Gasteiger charge is 1.96. The van der Waals surface area contributed by atoms with Crippen LogP contribution in [0.15, 0.2) is 25.3 Å². The molecule has 0 saturated carbocycles. The fourth-order valence-corrected chi connectivity index (χ4v) is 0.640. The van der Waals surface area contributed by atoms with Gasteiger partial charge in [0.2, 0.25) is 0 Å². The average Bonchev–Trinajstić information content (AvgIpc) is 2.31. The number of ether oxygens (including phenoxy) is 2. The second-order valence-electron chi connectivity index (χ2n) is 2.50. The van der Waals surface area contributed by atoms with Crippen molar-refractivity contribution in [1.82, 2.24) is 5.48 Å². The lowest BCUT2D eigenvalue weighted by Crippen LogP contribution is -2.23. The summed E-state index contributed by atoms with van der Waals surface area (Å²) in [7, 11) is 0. The van der Waals surface area contributed by atoms with Gasteiger partial charge in [-0.1, -0.05) is 13.2 Å². The monoisotopic (exact) mass is 229 g/mol. The zero-order chi connectivity index (χ0) is 12.2. The smallest absolute Gasteiger partial charge is 0.348 e. The molecule has 0 aliphatic heterocycles. The zero-order valence-corrected chi connectivity index (χ0v) is 8.94. The SMILES string of the molecule is C=CC(=O)OCCOCCNOC(=O)C=C. The van der Waals surface area contributed by atoms with E-state index in [1.807, 2.05) is 0 Å². The first-order valence-electron chi connectivity index (χ1n) is 4.63. The van der Waals surface area contributed by atoms with E-state index in [2.05, 4.69) is 28.2 Å². The third-order valence-corrected chi connectivity index (χ3v) is 1.33. The highest BCUT2D eigenvalue weighted by atomic mass is 16.7. The van der Waals surface area contributed by atoms with Crippen LogP contribution >= 0.6 is 0 Å². The maximum atomic E-state index is 10.6. The number of rotatable bonds is 9. The molecule has 0 radical (unpaired) electrons. The molecule has 0 rings (SSSR count). The van der Waals surface area contributed by atoms with Gasteiger partial charge in [-0.15, -0.1) is 0 Å². The van der Waals surface area contributed by atoms with Crippen molar-refractivity contribution in [3.8, 4) is 0 Å². The number of hydrogen-bond acceptors (Lipinski definition) is 6. The molecule has 0 fully saturated rings. The highest BCUT2D eigenvalue weighted by Crippen LogP contribution is 1.81. The lowest BCUT2D eigenvalue weighted by Gasteiger charge is -2.05. The minimum Gasteiger partial charge on any atom is -0.460 e. The van der Waals surface area contributed by atoms with E-state index in [-0.39, 0.29) is 13.2 Å². The van der Waals surface area contributed by atoms with Crippen LogP contribution in [0, 0.1) is 0 Å². The summed E-state index contributed by atoms with van der Waals surface area (Å²) in [4.78, 5) is 25.6. The quantitative estimate of drug-likeness (QED) is 0.259. The molecule has 0 atom stereocenters. The molecule has 0 aliphatic rings. The molecule has 0 aromatic heterocycles. The normalized spacial score (nSPS) is 9.25. The molecule has 0 aromatic carbocycles. The van der Waals surface area contributed by atoms with Gasteiger partial charge >= 0.3 is 11.9 Å². The van der Waals surface area contributed by atoms with Crippen LogP contribution in [0.3, 0.4) is 0 Å². The van der Waals surface area contributed by atoms with Crippen LogP contribution in [0.5, 0.6) is 0 Å². The van der Waals surface area contributed by atoms with Crippen molar-refractivity contribution >= 4 is 11.9 Å². The van der Waals surface area contributed by atoms with Crippen LogP contribution in [0.2, 0.25) is 0 Å². The van der Waals surface area contributed by atoms with Crippen molar-refractivity contribution in [1.29, 1.82) is 0 Å². The number of hydrogen-bond donors (Lipinski definition) is 1. The summed E-state index contributed by atoms with van der Waals surface area (Å²) in [6.45, 7) is 7.58. The van der Waals surface area contributed by atoms with Gasteiger partial charge in [0.25, 0.3) is 0 Å². The van der Waals surface area contributed by atoms with Gasteiger partial charge in [-0.2, -0.15) is 5.48 Å². The van der Waals surface area contributed by atoms with Gasteiger partial charge in [0.1, 0.15) is 6.61 Å². The summed E-state index contributed by atoms with van der Waals surface area (Å²) < 4.78 is 9.71. The first-order chi connectivity index (χ1) is 7.70. The predicted molar refractivity (Wildman–Crippen MR) is 56.3 cm³/mol. The Hall–Kier alpha value is -1.66. The van der Waals surface area contributed by atoms with Gasteiger partial charge in [0, 0.05) is 12.2 Å². The molecule has 0 heterocycles. The first-order valence-corrected chi connectivity index (χ1v) is 4.63. The Bertz CT molecular complexity index is 226. The second kappa shape index (κ2) is 9.88. The molecule has 0 amide bonds. The van der Waals surface area contributed by atoms with Crippen LogP contribution in [-0.4, -0.2) is 38.3 Å². The zero-order valence-electron chi connectivity index (χ0n) is 8.94. The van der Waals surface area contributed by atoms with Crippen molar-refractivity contribution in [2.24, 2.45) is 0 Å². The van der Waals surface area contributed by atoms with Crippen LogP contribution in [-0.2, 0) is 23.9 Å². The lowest BCUT2D eigenvalue weighted by molar-refractivity contribution is -0.146. The van der Waals surface area contributed by atoms with Gasteiger partial charge in [-0.05, 0) is 0 Å². The van der Waals surface area contributed by atoms with E-state index in [0.717, 1.165) is 12.2 Å². The molecular weight excluding hydrogens is 214 g/mol. The highest BCUT2D eigenvalue weighted by molar-refractivity contribution is 5.81. The number of nitrogens with one attached hydrogen (secondary N) is 1. The Morgan fingerprint density at radius 2 is 1.75 bits per heavy atom. The van der Waals surface area contributed by atoms with Gasteiger partial charge < -0.3 is 14.3 Å². The topological polar surface area (TPSA) is 73.9 Å². The van der Waals surface area contributed by atoms with E-state index in [9.17, 15) is 9.59 Å². The van der Waals surface area contributed by atoms with Crippen LogP contribution in [0.4, 0.5) is 0 Å². The number of hydroxylamine groups is 1. The fourth-order valence-electron chi connectivity index (χ4n) is 0.640. The minimum atomic E-state index is -0.556. The van der Waals surface area contributed by atoms with Gasteiger partial charge in [-0.3, -0.25) is 0 Å². The molecule has 16 heavy (non-hydrogen) atoms. The maximum Gasteiger partial charge on any atom is 0.348 e. The maximum absolute atomic E-state index is 10.6. The number of esters is 1. The lowest BCUT2D eigenvalue weighted by atomic mass is 10.6. The van der Waals surface area contributed by atoms with E-state index in [0.29, 0.717) is 13.2 Å². The van der Waals surface area contributed by atoms with E-state index in [1.54, 1.807) is 0 Å². The molecule has 0 bridgehead atoms. The number of carbonyl (C=O) groups excluding carboxylic acids is 2. The van der Waals surface area contributed by atoms with Gasteiger partial charge in [-0.25, -0.2) is 9.59 Å². The van der Waals surface area contributed by atoms with Gasteiger partial charge in [0.15, 0.2) is 0 Å². The van der Waals surface area contributed by atoms with Crippen LogP contribution in [0.1, 0.15) is 0 Å². The number of carbonyl (C=O) groups is 2. The summed E-state index contributed by atoms with van der Waals surface area (Å²) >= 11 is 0. The third-order valence-electron chi connectivity index (χ3n) is 1.33. The summed E-state index contributed by atoms with van der Waals surface area (Å²) in [5.41, 5.74) is 2.38. The Balaban J connectivity index is 3.15. The van der Waals surface area contributed by atoms with Crippen molar-refractivity contribution in [3.63, 3.8) is 0 Å². The first kappa shape index (κ1) is 14.3. The third kappa shape index (κ3) is 8.92. The molecular formula is C10H15NO5. The Morgan fingerprint density at radius 3 is 2.38 bits per heavy atom. The van der Waals surface area contributed by atoms with Crippen molar-refractivity contribution in [2.45, 2.75) is 0 Å². The molecule has 6 nitrogen and oxygen atoms in total. The van der Waals surface area contributed by atoms with Gasteiger partial charge in [0.05, 0.1) is 19.8 Å². The molecule has 0 aliphatic carbocycles. The largest absolute Gasteiger partial charge is 0.460 e. The summed E-state index contributed by atoms with van der Waals surface area (Å²) in [6, 6.07) is 0. The standard InChI is InChI=1S/C10H15NO5/c1-3-9(12)15-8-7-14-6-5-11-16-10(13)4-2/h3-4,11H,1-2,5-8H2. The molecule has 90 valence electrons. The molecule has 6 heteroatoms. The summed E-state index contributed by atoms with van der Waals surface area (Å²) in [5, 5.41) is 0. The van der Waals surface area contributed by atoms with Crippen LogP contribution < -0.4 is 5.48 Å². The van der Waals surface area contributed by atoms with Crippen molar-refractivity contribution in [2.75, 3.05) is 26.4 Å². The van der Waals surface area contributed by atoms with E-state index in [1.165, 1.54) is 0 Å². The van der Waals surface area contributed by atoms with Crippen LogP contribution in [0.25, 0.3) is 0 Å². The Labute approximate surface area is 93.8 Å². The van der Waals surface area contributed by atoms with Crippen molar-refractivity contribution < 1.29 is 23.9 Å². The fraction of sp³-hybridized carbons (Fsp3) is 0.400. The van der Waals surface area contributed by atoms with Crippen molar-refractivity contribution in [3.05, 3.63) is 25.3 Å².